The number of halogens is 2. The van der Waals surface area contributed by atoms with Crippen molar-refractivity contribution in [3.63, 3.8) is 0 Å². The van der Waals surface area contributed by atoms with Gasteiger partial charge in [0.15, 0.2) is 10.2 Å². The van der Waals surface area contributed by atoms with Crippen molar-refractivity contribution in [2.75, 3.05) is 24.8 Å². The van der Waals surface area contributed by atoms with Crippen LogP contribution in [0, 0.1) is 17.1 Å². The van der Waals surface area contributed by atoms with Crippen molar-refractivity contribution < 1.29 is 19.0 Å². The minimum atomic E-state index is -0.793. The Balaban J connectivity index is 2.03. The number of ether oxygens (including phenoxy) is 1. The number of nitrogens with zero attached hydrogens (tertiary/aromatic N) is 4. The highest BCUT2D eigenvalue weighted by molar-refractivity contribution is 8.01. The maximum absolute atomic E-state index is 14.9. The summed E-state index contributed by atoms with van der Waals surface area (Å²) in [6.45, 7) is -0.0146. The van der Waals surface area contributed by atoms with Gasteiger partial charge in [-0.05, 0) is 18.2 Å². The number of aliphatic hydroxyl groups excluding tert-OH is 1. The summed E-state index contributed by atoms with van der Waals surface area (Å²) in [6, 6.07) is 5.95. The van der Waals surface area contributed by atoms with Crippen molar-refractivity contribution in [2.45, 2.75) is 4.34 Å². The molecule has 3 aromatic rings. The Labute approximate surface area is 183 Å². The molecule has 2 heterocycles. The van der Waals surface area contributed by atoms with Crippen LogP contribution in [0.15, 0.2) is 28.7 Å². The third-order valence-electron chi connectivity index (χ3n) is 3.75. The predicted molar refractivity (Wildman–Crippen MR) is 112 cm³/mol. The maximum atomic E-state index is 14.9. The standard InChI is InChI=1S/C18H13ClFN5O3S2/c1-28-13-3-2-12(19)15(20)14(13)10-6-9(7-21)22-8-11(10)16(27)23-17-24-25-18(30-17)29-5-4-26/h2-3,6,8,26H,4-5H2,1H3,(H,23,24,27). The molecule has 30 heavy (non-hydrogen) atoms. The van der Waals surface area contributed by atoms with E-state index >= 15 is 0 Å². The van der Waals surface area contributed by atoms with E-state index in [-0.39, 0.29) is 44.9 Å². The normalized spacial score (nSPS) is 10.5. The molecule has 0 saturated heterocycles. The number of amides is 1. The van der Waals surface area contributed by atoms with Gasteiger partial charge < -0.3 is 9.84 Å². The SMILES string of the molecule is COc1ccc(Cl)c(F)c1-c1cc(C#N)ncc1C(=O)Nc1nnc(SCCO)s1. The molecule has 8 nitrogen and oxygen atoms in total. The molecule has 0 unspecified atom stereocenters. The number of hydrogen-bond donors (Lipinski definition) is 2. The first-order valence-electron chi connectivity index (χ1n) is 8.29. The lowest BCUT2D eigenvalue weighted by atomic mass is 9.98. The summed E-state index contributed by atoms with van der Waals surface area (Å²) in [6.07, 6.45) is 1.17. The number of thioether (sulfide) groups is 1. The number of anilines is 1. The van der Waals surface area contributed by atoms with Gasteiger partial charge in [0.1, 0.15) is 17.5 Å². The Morgan fingerprint density at radius 3 is 2.97 bits per heavy atom. The van der Waals surface area contributed by atoms with Crippen LogP contribution in [-0.4, -0.2) is 45.7 Å². The molecule has 1 amide bonds. The summed E-state index contributed by atoms with van der Waals surface area (Å²) in [5.41, 5.74) is 0.00982. The Morgan fingerprint density at radius 1 is 1.47 bits per heavy atom. The van der Waals surface area contributed by atoms with E-state index in [1.807, 2.05) is 6.07 Å². The first-order valence-corrected chi connectivity index (χ1v) is 10.5. The first-order chi connectivity index (χ1) is 14.5. The molecule has 0 saturated carbocycles. The molecule has 2 N–H and O–H groups in total. The van der Waals surface area contributed by atoms with E-state index in [1.165, 1.54) is 43.3 Å². The van der Waals surface area contributed by atoms with Crippen LogP contribution in [0.3, 0.4) is 0 Å². The second-order valence-corrected chi connectivity index (χ2v) is 8.29. The minimum Gasteiger partial charge on any atom is -0.496 e. The number of methoxy groups -OCH3 is 1. The highest BCUT2D eigenvalue weighted by Gasteiger charge is 2.23. The number of hydrogen-bond acceptors (Lipinski definition) is 9. The number of nitriles is 1. The Hall–Kier alpha value is -2.78. The van der Waals surface area contributed by atoms with Crippen LogP contribution >= 0.6 is 34.7 Å². The highest BCUT2D eigenvalue weighted by atomic mass is 35.5. The Kier molecular flexibility index (Phi) is 7.17. The van der Waals surface area contributed by atoms with Crippen molar-refractivity contribution in [1.29, 1.82) is 5.26 Å². The number of nitrogens with one attached hydrogen (secondary N) is 1. The molecule has 154 valence electrons. The van der Waals surface area contributed by atoms with Crippen molar-refractivity contribution in [3.8, 4) is 22.9 Å². The van der Waals surface area contributed by atoms with Gasteiger partial charge in [-0.1, -0.05) is 34.7 Å². The molecule has 0 radical (unpaired) electrons. The zero-order chi connectivity index (χ0) is 21.7. The van der Waals surface area contributed by atoms with E-state index in [1.54, 1.807) is 0 Å². The first kappa shape index (κ1) is 21.9. The number of pyridine rings is 1. The lowest BCUT2D eigenvalue weighted by Crippen LogP contribution is -2.14. The van der Waals surface area contributed by atoms with E-state index in [9.17, 15) is 14.4 Å². The fourth-order valence-electron chi connectivity index (χ4n) is 2.47. The van der Waals surface area contributed by atoms with Crippen LogP contribution in [-0.2, 0) is 0 Å². The van der Waals surface area contributed by atoms with Crippen molar-refractivity contribution in [3.05, 3.63) is 46.5 Å². The van der Waals surface area contributed by atoms with Gasteiger partial charge in [-0.15, -0.1) is 10.2 Å². The summed E-state index contributed by atoms with van der Waals surface area (Å²) >= 11 is 8.34. The molecule has 1 aromatic carbocycles. The third kappa shape index (κ3) is 4.68. The summed E-state index contributed by atoms with van der Waals surface area (Å²) in [5.74, 6) is -0.836. The molecule has 0 aliphatic rings. The summed E-state index contributed by atoms with van der Waals surface area (Å²) in [5, 5.41) is 28.5. The fourth-order valence-corrected chi connectivity index (χ4v) is 4.19. The zero-order valence-corrected chi connectivity index (χ0v) is 17.7. The maximum Gasteiger partial charge on any atom is 0.259 e. The van der Waals surface area contributed by atoms with E-state index in [2.05, 4.69) is 20.5 Å². The lowest BCUT2D eigenvalue weighted by Gasteiger charge is -2.14. The molecule has 0 atom stereocenters. The van der Waals surface area contributed by atoms with Crippen LogP contribution in [0.4, 0.5) is 9.52 Å². The van der Waals surface area contributed by atoms with Gasteiger partial charge >= 0.3 is 0 Å². The molecule has 0 aliphatic heterocycles. The number of carbonyl (C=O) groups excluding carboxylic acids is 1. The summed E-state index contributed by atoms with van der Waals surface area (Å²) in [7, 11) is 1.35. The monoisotopic (exact) mass is 465 g/mol. The number of rotatable bonds is 7. The van der Waals surface area contributed by atoms with Crippen molar-refractivity contribution in [1.82, 2.24) is 15.2 Å². The van der Waals surface area contributed by atoms with Crippen LogP contribution < -0.4 is 10.1 Å². The second kappa shape index (κ2) is 9.82. The van der Waals surface area contributed by atoms with Crippen LogP contribution in [0.25, 0.3) is 11.1 Å². The number of benzene rings is 1. The fraction of sp³-hybridized carbons (Fsp3) is 0.167. The lowest BCUT2D eigenvalue weighted by molar-refractivity contribution is 0.102. The van der Waals surface area contributed by atoms with E-state index in [0.717, 1.165) is 11.3 Å². The molecular weight excluding hydrogens is 453 g/mol. The topological polar surface area (TPSA) is 121 Å². The largest absolute Gasteiger partial charge is 0.496 e. The van der Waals surface area contributed by atoms with Gasteiger partial charge in [-0.2, -0.15) is 5.26 Å². The Bertz CT molecular complexity index is 1140. The molecule has 0 aliphatic carbocycles. The van der Waals surface area contributed by atoms with E-state index in [0.29, 0.717) is 10.1 Å². The average Bonchev–Trinajstić information content (AvgIpc) is 3.20. The molecule has 0 spiro atoms. The van der Waals surface area contributed by atoms with Gasteiger partial charge in [-0.25, -0.2) is 9.37 Å². The molecule has 3 rings (SSSR count). The van der Waals surface area contributed by atoms with Crippen LogP contribution in [0.1, 0.15) is 16.1 Å². The number of aliphatic hydroxyl groups is 1. The van der Waals surface area contributed by atoms with Gasteiger partial charge in [0.05, 0.1) is 29.9 Å². The van der Waals surface area contributed by atoms with E-state index in [4.69, 9.17) is 21.4 Å². The second-order valence-electron chi connectivity index (χ2n) is 5.56. The summed E-state index contributed by atoms with van der Waals surface area (Å²) in [4.78, 5) is 16.8. The van der Waals surface area contributed by atoms with Gasteiger partial charge in [0.2, 0.25) is 5.13 Å². The number of carbonyl (C=O) groups is 1. The van der Waals surface area contributed by atoms with Crippen molar-refractivity contribution >= 4 is 45.7 Å². The van der Waals surface area contributed by atoms with Crippen LogP contribution in [0.2, 0.25) is 5.02 Å². The predicted octanol–water partition coefficient (Wildman–Crippen LogP) is 3.61. The quantitative estimate of drug-likeness (QED) is 0.401. The molecule has 12 heteroatoms. The third-order valence-corrected chi connectivity index (χ3v) is 6.00. The van der Waals surface area contributed by atoms with Gasteiger partial charge in [0, 0.05) is 17.5 Å². The molecule has 0 fully saturated rings. The van der Waals surface area contributed by atoms with E-state index < -0.39 is 11.7 Å². The van der Waals surface area contributed by atoms with Gasteiger partial charge in [-0.3, -0.25) is 10.1 Å². The smallest absolute Gasteiger partial charge is 0.259 e. The summed E-state index contributed by atoms with van der Waals surface area (Å²) < 4.78 is 20.7. The molecule has 0 bridgehead atoms. The molecule has 2 aromatic heterocycles. The Morgan fingerprint density at radius 2 is 2.27 bits per heavy atom. The molecular formula is C18H13ClFN5O3S2. The minimum absolute atomic E-state index is 0.00627. The zero-order valence-electron chi connectivity index (χ0n) is 15.3. The highest BCUT2D eigenvalue weighted by Crippen LogP contribution is 2.38. The number of aromatic nitrogens is 3. The van der Waals surface area contributed by atoms with Gasteiger partial charge in [0.25, 0.3) is 5.91 Å². The average molecular weight is 466 g/mol. The van der Waals surface area contributed by atoms with Crippen molar-refractivity contribution in [2.24, 2.45) is 0 Å². The van der Waals surface area contributed by atoms with Crippen LogP contribution in [0.5, 0.6) is 5.75 Å².